The number of benzene rings is 2. The molecule has 0 spiro atoms. The molecule has 0 aliphatic carbocycles. The maximum Gasteiger partial charge on any atom is 0.266 e. The quantitative estimate of drug-likeness (QED) is 0.567. The number of carbonyl (C=O) groups is 1. The molecule has 22 heavy (non-hydrogen) atoms. The summed E-state index contributed by atoms with van der Waals surface area (Å²) in [4.78, 5) is 12.1. The number of carbonyl (C=O) groups excluding carboxylic acids is 1. The standard InChI is InChI=1S/C16H10Br2N2O2/c17-12-1-4-14(5-2-12)20-16(22)11(9-19)7-10-8-13(18)3-6-15(10)21/h1-8,21H,(H,20,22). The van der Waals surface area contributed by atoms with Gasteiger partial charge in [0.2, 0.25) is 0 Å². The summed E-state index contributed by atoms with van der Waals surface area (Å²) in [5.41, 5.74) is 0.862. The second-order valence-corrected chi connectivity index (χ2v) is 6.17. The van der Waals surface area contributed by atoms with Crippen molar-refractivity contribution in [2.45, 2.75) is 0 Å². The van der Waals surface area contributed by atoms with E-state index in [0.717, 1.165) is 8.95 Å². The van der Waals surface area contributed by atoms with Crippen LogP contribution in [-0.4, -0.2) is 11.0 Å². The van der Waals surface area contributed by atoms with Gasteiger partial charge in [-0.1, -0.05) is 31.9 Å². The van der Waals surface area contributed by atoms with Crippen LogP contribution in [0.5, 0.6) is 5.75 Å². The molecular formula is C16H10Br2N2O2. The van der Waals surface area contributed by atoms with Gasteiger partial charge in [0.05, 0.1) is 0 Å². The molecule has 0 bridgehead atoms. The Bertz CT molecular complexity index is 778. The zero-order valence-electron chi connectivity index (χ0n) is 11.2. The molecule has 0 radical (unpaired) electrons. The minimum atomic E-state index is -0.538. The number of halogens is 2. The number of nitrogens with zero attached hydrogens (tertiary/aromatic N) is 1. The van der Waals surface area contributed by atoms with E-state index < -0.39 is 5.91 Å². The second-order valence-electron chi connectivity index (χ2n) is 4.33. The van der Waals surface area contributed by atoms with Crippen LogP contribution in [0.4, 0.5) is 5.69 Å². The minimum absolute atomic E-state index is 0.00704. The molecule has 1 amide bonds. The van der Waals surface area contributed by atoms with Gasteiger partial charge in [0.15, 0.2) is 0 Å². The molecule has 2 aromatic carbocycles. The molecular weight excluding hydrogens is 412 g/mol. The number of nitrogens with one attached hydrogen (secondary N) is 1. The summed E-state index contributed by atoms with van der Waals surface area (Å²) in [5, 5.41) is 21.6. The summed E-state index contributed by atoms with van der Waals surface area (Å²) < 4.78 is 1.63. The first-order valence-corrected chi connectivity index (χ1v) is 7.75. The van der Waals surface area contributed by atoms with Crippen molar-refractivity contribution in [3.05, 3.63) is 62.5 Å². The van der Waals surface area contributed by atoms with Gasteiger partial charge in [0.1, 0.15) is 17.4 Å². The summed E-state index contributed by atoms with van der Waals surface area (Å²) in [6, 6.07) is 13.6. The molecule has 0 saturated carbocycles. The molecule has 2 aromatic rings. The number of amides is 1. The van der Waals surface area contributed by atoms with Crippen molar-refractivity contribution in [1.29, 1.82) is 5.26 Å². The zero-order valence-corrected chi connectivity index (χ0v) is 14.3. The third-order valence-corrected chi connectivity index (χ3v) is 3.78. The highest BCUT2D eigenvalue weighted by molar-refractivity contribution is 9.10. The first kappa shape index (κ1) is 16.3. The van der Waals surface area contributed by atoms with Crippen LogP contribution in [0, 0.1) is 11.3 Å². The first-order chi connectivity index (χ1) is 10.5. The summed E-state index contributed by atoms with van der Waals surface area (Å²) in [5.74, 6) is -0.545. The number of aromatic hydroxyl groups is 1. The fourth-order valence-corrected chi connectivity index (χ4v) is 2.32. The van der Waals surface area contributed by atoms with E-state index in [2.05, 4.69) is 37.2 Å². The van der Waals surface area contributed by atoms with E-state index in [1.165, 1.54) is 12.1 Å². The van der Waals surface area contributed by atoms with Crippen molar-refractivity contribution in [3.63, 3.8) is 0 Å². The van der Waals surface area contributed by atoms with E-state index in [1.807, 2.05) is 6.07 Å². The summed E-state index contributed by atoms with van der Waals surface area (Å²) in [7, 11) is 0. The number of phenols is 1. The van der Waals surface area contributed by atoms with Crippen molar-refractivity contribution < 1.29 is 9.90 Å². The number of hydrogen-bond acceptors (Lipinski definition) is 3. The van der Waals surface area contributed by atoms with Crippen molar-refractivity contribution in [2.75, 3.05) is 5.32 Å². The maximum absolute atomic E-state index is 12.1. The van der Waals surface area contributed by atoms with Crippen LogP contribution in [0.15, 0.2) is 57.0 Å². The Balaban J connectivity index is 2.25. The normalized spacial score (nSPS) is 10.9. The Hall–Kier alpha value is -2.10. The van der Waals surface area contributed by atoms with E-state index in [4.69, 9.17) is 5.26 Å². The summed E-state index contributed by atoms with van der Waals surface area (Å²) in [6.45, 7) is 0. The molecule has 0 heterocycles. The molecule has 0 atom stereocenters. The lowest BCUT2D eigenvalue weighted by molar-refractivity contribution is -0.112. The zero-order chi connectivity index (χ0) is 16.1. The van der Waals surface area contributed by atoms with E-state index in [9.17, 15) is 9.90 Å². The van der Waals surface area contributed by atoms with Gasteiger partial charge < -0.3 is 10.4 Å². The molecule has 2 N–H and O–H groups in total. The topological polar surface area (TPSA) is 73.1 Å². The predicted molar refractivity (Wildman–Crippen MR) is 92.2 cm³/mol. The fraction of sp³-hybridized carbons (Fsp3) is 0. The Labute approximate surface area is 144 Å². The van der Waals surface area contributed by atoms with E-state index in [0.29, 0.717) is 11.3 Å². The van der Waals surface area contributed by atoms with Crippen molar-refractivity contribution in [2.24, 2.45) is 0 Å². The average Bonchev–Trinajstić information content (AvgIpc) is 2.50. The number of rotatable bonds is 3. The summed E-state index contributed by atoms with van der Waals surface area (Å²) >= 11 is 6.58. The lowest BCUT2D eigenvalue weighted by Crippen LogP contribution is -2.13. The Morgan fingerprint density at radius 1 is 1.14 bits per heavy atom. The monoisotopic (exact) mass is 420 g/mol. The number of phenolic OH excluding ortho intramolecular Hbond substituents is 1. The molecule has 110 valence electrons. The Morgan fingerprint density at radius 2 is 1.77 bits per heavy atom. The number of anilines is 1. The lowest BCUT2D eigenvalue weighted by Gasteiger charge is -2.05. The van der Waals surface area contributed by atoms with Crippen LogP contribution >= 0.6 is 31.9 Å². The van der Waals surface area contributed by atoms with Crippen LogP contribution < -0.4 is 5.32 Å². The third kappa shape index (κ3) is 4.20. The van der Waals surface area contributed by atoms with Gasteiger partial charge in [-0.25, -0.2) is 0 Å². The summed E-state index contributed by atoms with van der Waals surface area (Å²) in [6.07, 6.45) is 1.34. The van der Waals surface area contributed by atoms with E-state index in [-0.39, 0.29) is 11.3 Å². The fourth-order valence-electron chi connectivity index (χ4n) is 1.68. The molecule has 0 unspecified atom stereocenters. The largest absolute Gasteiger partial charge is 0.507 e. The molecule has 6 heteroatoms. The smallest absolute Gasteiger partial charge is 0.266 e. The highest BCUT2D eigenvalue weighted by Gasteiger charge is 2.11. The molecule has 2 rings (SSSR count). The SMILES string of the molecule is N#CC(=Cc1cc(Br)ccc1O)C(=O)Nc1ccc(Br)cc1. The Morgan fingerprint density at radius 3 is 2.41 bits per heavy atom. The first-order valence-electron chi connectivity index (χ1n) is 6.17. The molecule has 0 saturated heterocycles. The van der Waals surface area contributed by atoms with Crippen LogP contribution in [-0.2, 0) is 4.79 Å². The molecule has 0 aliphatic heterocycles. The van der Waals surface area contributed by atoms with Crippen molar-refractivity contribution in [3.8, 4) is 11.8 Å². The molecule has 0 aliphatic rings. The van der Waals surface area contributed by atoms with Gasteiger partial charge in [-0.15, -0.1) is 0 Å². The number of nitriles is 1. The van der Waals surface area contributed by atoms with E-state index in [1.54, 1.807) is 36.4 Å². The van der Waals surface area contributed by atoms with Gasteiger partial charge >= 0.3 is 0 Å². The van der Waals surface area contributed by atoms with Crippen LogP contribution in [0.1, 0.15) is 5.56 Å². The van der Waals surface area contributed by atoms with Gasteiger partial charge in [-0.05, 0) is 48.5 Å². The van der Waals surface area contributed by atoms with E-state index >= 15 is 0 Å². The average molecular weight is 422 g/mol. The van der Waals surface area contributed by atoms with Crippen LogP contribution in [0.2, 0.25) is 0 Å². The van der Waals surface area contributed by atoms with Gasteiger partial charge in [-0.2, -0.15) is 5.26 Å². The van der Waals surface area contributed by atoms with Gasteiger partial charge in [0.25, 0.3) is 5.91 Å². The number of hydrogen-bond donors (Lipinski definition) is 2. The Kier molecular flexibility index (Phi) is 5.36. The lowest BCUT2D eigenvalue weighted by atomic mass is 10.1. The highest BCUT2D eigenvalue weighted by Crippen LogP contribution is 2.24. The van der Waals surface area contributed by atoms with Gasteiger partial charge in [-0.3, -0.25) is 4.79 Å². The third-order valence-electron chi connectivity index (χ3n) is 2.76. The van der Waals surface area contributed by atoms with Crippen molar-refractivity contribution in [1.82, 2.24) is 0 Å². The van der Waals surface area contributed by atoms with Gasteiger partial charge in [0, 0.05) is 20.2 Å². The maximum atomic E-state index is 12.1. The van der Waals surface area contributed by atoms with Crippen LogP contribution in [0.25, 0.3) is 6.08 Å². The molecule has 0 aromatic heterocycles. The predicted octanol–water partition coefficient (Wildman–Crippen LogP) is 4.46. The van der Waals surface area contributed by atoms with Crippen molar-refractivity contribution >= 4 is 49.5 Å². The molecule has 0 fully saturated rings. The van der Waals surface area contributed by atoms with Crippen LogP contribution in [0.3, 0.4) is 0 Å². The second kappa shape index (κ2) is 7.25. The highest BCUT2D eigenvalue weighted by atomic mass is 79.9. The minimum Gasteiger partial charge on any atom is -0.507 e. The molecule has 4 nitrogen and oxygen atoms in total.